The predicted octanol–water partition coefficient (Wildman–Crippen LogP) is 4.57. The maximum absolute atomic E-state index is 12.3. The summed E-state index contributed by atoms with van der Waals surface area (Å²) in [6.45, 7) is 2.59. The van der Waals surface area contributed by atoms with Gasteiger partial charge in [-0.2, -0.15) is 0 Å². The number of nitrogens with one attached hydrogen (secondary N) is 2. The minimum absolute atomic E-state index is 0.0772. The lowest BCUT2D eigenvalue weighted by Crippen LogP contribution is -2.35. The van der Waals surface area contributed by atoms with Crippen LogP contribution in [0.5, 0.6) is 5.75 Å². The third-order valence-electron chi connectivity index (χ3n) is 5.06. The van der Waals surface area contributed by atoms with Crippen LogP contribution in [-0.2, 0) is 17.6 Å². The number of rotatable bonds is 6. The van der Waals surface area contributed by atoms with Crippen molar-refractivity contribution in [3.8, 4) is 5.75 Å². The molecular weight excluding hydrogens is 360 g/mol. The molecule has 1 unspecified atom stereocenters. The molecule has 0 bridgehead atoms. The van der Waals surface area contributed by atoms with E-state index in [-0.39, 0.29) is 11.9 Å². The number of carbonyl (C=O) groups excluding carboxylic acids is 1. The van der Waals surface area contributed by atoms with Crippen molar-refractivity contribution in [2.75, 3.05) is 6.61 Å². The second-order valence-corrected chi connectivity index (χ2v) is 7.59. The summed E-state index contributed by atoms with van der Waals surface area (Å²) in [5, 5.41) is 5.04. The first-order chi connectivity index (χ1) is 13.1. The number of benzene rings is 2. The number of hydrogen-bond donors (Lipinski definition) is 2. The summed E-state index contributed by atoms with van der Waals surface area (Å²) in [5.41, 5.74) is 5.05. The van der Waals surface area contributed by atoms with Crippen LogP contribution in [0.15, 0.2) is 42.5 Å². The van der Waals surface area contributed by atoms with E-state index in [1.54, 1.807) is 6.07 Å². The Balaban J connectivity index is 1.25. The molecule has 1 amide bonds. The van der Waals surface area contributed by atoms with Gasteiger partial charge in [-0.25, -0.2) is 0 Å². The normalized spacial score (nSPS) is 15.7. The fourth-order valence-electron chi connectivity index (χ4n) is 3.77. The Hall–Kier alpha value is -2.46. The zero-order valence-electron chi connectivity index (χ0n) is 15.3. The average molecular weight is 383 g/mol. The van der Waals surface area contributed by atoms with Crippen molar-refractivity contribution >= 4 is 28.4 Å². The number of fused-ring (bicyclic) bond motifs is 3. The molecule has 27 heavy (non-hydrogen) atoms. The summed E-state index contributed by atoms with van der Waals surface area (Å²) >= 11 is 6.06. The molecule has 3 aromatic rings. The van der Waals surface area contributed by atoms with Crippen LogP contribution < -0.4 is 10.1 Å². The maximum Gasteiger partial charge on any atom is 0.220 e. The molecule has 1 atom stereocenters. The molecule has 0 spiro atoms. The number of carbonyl (C=O) groups is 1. The predicted molar refractivity (Wildman–Crippen MR) is 109 cm³/mol. The highest BCUT2D eigenvalue weighted by molar-refractivity contribution is 6.32. The Bertz CT molecular complexity index is 980. The highest BCUT2D eigenvalue weighted by Crippen LogP contribution is 2.30. The monoisotopic (exact) mass is 382 g/mol. The first-order valence-corrected chi connectivity index (χ1v) is 9.75. The number of aryl methyl sites for hydroxylation is 1. The van der Waals surface area contributed by atoms with E-state index in [0.29, 0.717) is 30.2 Å². The number of aromatic nitrogens is 1. The number of H-pyrrole nitrogens is 1. The number of ether oxygens (including phenoxy) is 1. The maximum atomic E-state index is 12.3. The molecule has 140 valence electrons. The number of amides is 1. The van der Waals surface area contributed by atoms with Crippen molar-refractivity contribution in [1.82, 2.24) is 10.3 Å². The molecule has 4 nitrogen and oxygen atoms in total. The quantitative estimate of drug-likeness (QED) is 0.613. The van der Waals surface area contributed by atoms with Crippen molar-refractivity contribution in [2.24, 2.45) is 0 Å². The van der Waals surface area contributed by atoms with Gasteiger partial charge < -0.3 is 15.0 Å². The topological polar surface area (TPSA) is 54.1 Å². The van der Waals surface area contributed by atoms with E-state index in [1.165, 1.54) is 27.7 Å². The first-order valence-electron chi connectivity index (χ1n) is 9.37. The standard InChI is InChI=1S/C22H23ClN2O2/c1-14-8-9-19-16(11-14)17-12-15(13-20(17)25-19)24-22(26)7-4-10-27-21-6-3-2-5-18(21)23/h2-3,5-6,8-9,11,15,25H,4,7,10,12-13H2,1H3,(H,24,26). The molecule has 2 N–H and O–H groups in total. The number of para-hydroxylation sites is 1. The van der Waals surface area contributed by atoms with Crippen molar-refractivity contribution in [2.45, 2.75) is 38.6 Å². The molecule has 0 saturated carbocycles. The molecule has 2 aromatic carbocycles. The van der Waals surface area contributed by atoms with Gasteiger partial charge in [0.05, 0.1) is 11.6 Å². The molecule has 1 aliphatic rings. The lowest BCUT2D eigenvalue weighted by molar-refractivity contribution is -0.121. The summed E-state index contributed by atoms with van der Waals surface area (Å²) in [4.78, 5) is 15.8. The Morgan fingerprint density at radius 3 is 2.96 bits per heavy atom. The molecule has 1 heterocycles. The largest absolute Gasteiger partial charge is 0.492 e. The van der Waals surface area contributed by atoms with Gasteiger partial charge in [0, 0.05) is 35.5 Å². The van der Waals surface area contributed by atoms with Crippen LogP contribution >= 0.6 is 11.6 Å². The summed E-state index contributed by atoms with van der Waals surface area (Å²) < 4.78 is 5.64. The molecule has 0 aliphatic heterocycles. The van der Waals surface area contributed by atoms with E-state index in [2.05, 4.69) is 35.4 Å². The molecule has 1 aromatic heterocycles. The van der Waals surface area contributed by atoms with Crippen LogP contribution in [-0.4, -0.2) is 23.5 Å². The third-order valence-corrected chi connectivity index (χ3v) is 5.37. The van der Waals surface area contributed by atoms with Gasteiger partial charge in [0.2, 0.25) is 5.91 Å². The second kappa shape index (κ2) is 7.65. The second-order valence-electron chi connectivity index (χ2n) is 7.19. The van der Waals surface area contributed by atoms with Crippen LogP contribution in [0.4, 0.5) is 0 Å². The summed E-state index contributed by atoms with van der Waals surface area (Å²) in [5.74, 6) is 0.740. The SMILES string of the molecule is Cc1ccc2[nH]c3c(c2c1)CC(NC(=O)CCCOc1ccccc1Cl)C3. The number of aromatic amines is 1. The van der Waals surface area contributed by atoms with Crippen LogP contribution in [0.2, 0.25) is 5.02 Å². The van der Waals surface area contributed by atoms with Gasteiger partial charge in [-0.15, -0.1) is 0 Å². The van der Waals surface area contributed by atoms with Crippen LogP contribution in [0.1, 0.15) is 29.7 Å². The molecule has 4 rings (SSSR count). The van der Waals surface area contributed by atoms with E-state index < -0.39 is 0 Å². The van der Waals surface area contributed by atoms with Gasteiger partial charge in [0.25, 0.3) is 0 Å². The summed E-state index contributed by atoms with van der Waals surface area (Å²) in [6, 6.07) is 14.0. The fraction of sp³-hybridized carbons (Fsp3) is 0.318. The van der Waals surface area contributed by atoms with E-state index >= 15 is 0 Å². The highest BCUT2D eigenvalue weighted by Gasteiger charge is 2.26. The molecule has 5 heteroatoms. The Morgan fingerprint density at radius 1 is 1.26 bits per heavy atom. The van der Waals surface area contributed by atoms with E-state index in [4.69, 9.17) is 16.3 Å². The lowest BCUT2D eigenvalue weighted by atomic mass is 10.1. The van der Waals surface area contributed by atoms with Gasteiger partial charge in [0.1, 0.15) is 5.75 Å². The van der Waals surface area contributed by atoms with E-state index in [9.17, 15) is 4.79 Å². The minimum Gasteiger partial charge on any atom is -0.492 e. The first kappa shape index (κ1) is 17.9. The zero-order chi connectivity index (χ0) is 18.8. The lowest BCUT2D eigenvalue weighted by Gasteiger charge is -2.13. The Labute approximate surface area is 163 Å². The van der Waals surface area contributed by atoms with Crippen LogP contribution in [0, 0.1) is 6.92 Å². The van der Waals surface area contributed by atoms with Gasteiger partial charge in [-0.1, -0.05) is 35.4 Å². The molecule has 0 fully saturated rings. The van der Waals surface area contributed by atoms with Crippen LogP contribution in [0.25, 0.3) is 10.9 Å². The van der Waals surface area contributed by atoms with E-state index in [0.717, 1.165) is 12.8 Å². The van der Waals surface area contributed by atoms with Gasteiger partial charge in [-0.3, -0.25) is 4.79 Å². The Morgan fingerprint density at radius 2 is 2.11 bits per heavy atom. The summed E-state index contributed by atoms with van der Waals surface area (Å²) in [6.07, 6.45) is 2.87. The highest BCUT2D eigenvalue weighted by atomic mass is 35.5. The third kappa shape index (κ3) is 3.96. The smallest absolute Gasteiger partial charge is 0.220 e. The molecule has 1 aliphatic carbocycles. The van der Waals surface area contributed by atoms with Crippen molar-refractivity contribution in [3.05, 3.63) is 64.3 Å². The van der Waals surface area contributed by atoms with Gasteiger partial charge >= 0.3 is 0 Å². The number of halogens is 1. The number of hydrogen-bond acceptors (Lipinski definition) is 2. The summed E-state index contributed by atoms with van der Waals surface area (Å²) in [7, 11) is 0. The van der Waals surface area contributed by atoms with E-state index in [1.807, 2.05) is 18.2 Å². The minimum atomic E-state index is 0.0772. The van der Waals surface area contributed by atoms with Crippen molar-refractivity contribution < 1.29 is 9.53 Å². The molecule has 0 radical (unpaired) electrons. The average Bonchev–Trinajstić information content (AvgIpc) is 3.17. The van der Waals surface area contributed by atoms with Crippen LogP contribution in [0.3, 0.4) is 0 Å². The van der Waals surface area contributed by atoms with Crippen molar-refractivity contribution in [1.29, 1.82) is 0 Å². The van der Waals surface area contributed by atoms with Gasteiger partial charge in [-0.05, 0) is 49.6 Å². The fourth-order valence-corrected chi connectivity index (χ4v) is 3.96. The molecule has 0 saturated heterocycles. The van der Waals surface area contributed by atoms with Gasteiger partial charge in [0.15, 0.2) is 0 Å². The Kier molecular flexibility index (Phi) is 5.08. The molecular formula is C22H23ClN2O2. The zero-order valence-corrected chi connectivity index (χ0v) is 16.1. The van der Waals surface area contributed by atoms with Crippen molar-refractivity contribution in [3.63, 3.8) is 0 Å².